The molecule has 0 atom stereocenters. The zero-order valence-corrected chi connectivity index (χ0v) is 14.3. The largest absolute Gasteiger partial charge is 0.352 e. The summed E-state index contributed by atoms with van der Waals surface area (Å²) < 4.78 is 1.65. The Kier molecular flexibility index (Phi) is 5.11. The van der Waals surface area contributed by atoms with Crippen LogP contribution in [0, 0.1) is 0 Å². The third-order valence-electron chi connectivity index (χ3n) is 3.86. The van der Waals surface area contributed by atoms with Gasteiger partial charge in [0.15, 0.2) is 5.65 Å². The van der Waals surface area contributed by atoms with Crippen LogP contribution in [0.4, 0.5) is 0 Å². The maximum absolute atomic E-state index is 12.4. The number of aromatic nitrogens is 3. The number of amides is 1. The Balaban J connectivity index is 1.92. The number of carbonyl (C=O) groups is 1. The smallest absolute Gasteiger partial charge is 0.256 e. The van der Waals surface area contributed by atoms with Gasteiger partial charge in [0, 0.05) is 23.3 Å². The molecule has 0 fully saturated rings. The van der Waals surface area contributed by atoms with Gasteiger partial charge in [0.1, 0.15) is 5.56 Å². The van der Waals surface area contributed by atoms with Crippen molar-refractivity contribution in [3.05, 3.63) is 53.3 Å². The van der Waals surface area contributed by atoms with Crippen LogP contribution in [-0.2, 0) is 0 Å². The van der Waals surface area contributed by atoms with Gasteiger partial charge in [0.05, 0.1) is 11.9 Å². The fraction of sp³-hybridized carbons (Fsp3) is 0.278. The fourth-order valence-corrected chi connectivity index (χ4v) is 2.83. The molecule has 1 amide bonds. The molecule has 2 aromatic heterocycles. The summed E-state index contributed by atoms with van der Waals surface area (Å²) in [7, 11) is 0. The van der Waals surface area contributed by atoms with E-state index in [0.29, 0.717) is 22.8 Å². The molecule has 3 aromatic rings. The van der Waals surface area contributed by atoms with E-state index in [1.54, 1.807) is 16.9 Å². The number of rotatable bonds is 6. The first-order valence-corrected chi connectivity index (χ1v) is 8.46. The van der Waals surface area contributed by atoms with Gasteiger partial charge in [0.2, 0.25) is 0 Å². The standard InChI is InChI=1S/C18H19ClN4O/c1-2-3-6-10-21-18(24)14-12-22-23-16(9-11-20-17(14)23)13-7-4-5-8-15(13)19/h4-5,7-9,11-12H,2-3,6,10H2,1H3,(H,21,24). The van der Waals surface area contributed by atoms with Crippen molar-refractivity contribution in [1.29, 1.82) is 0 Å². The fourth-order valence-electron chi connectivity index (χ4n) is 2.60. The van der Waals surface area contributed by atoms with E-state index >= 15 is 0 Å². The number of nitrogens with one attached hydrogen (secondary N) is 1. The first kappa shape index (κ1) is 16.5. The zero-order valence-electron chi connectivity index (χ0n) is 13.5. The van der Waals surface area contributed by atoms with E-state index in [4.69, 9.17) is 11.6 Å². The maximum atomic E-state index is 12.4. The lowest BCUT2D eigenvalue weighted by Gasteiger charge is -2.07. The molecule has 24 heavy (non-hydrogen) atoms. The van der Waals surface area contributed by atoms with Gasteiger partial charge < -0.3 is 5.32 Å². The third kappa shape index (κ3) is 3.26. The number of hydrogen-bond acceptors (Lipinski definition) is 3. The van der Waals surface area contributed by atoms with Crippen LogP contribution in [0.25, 0.3) is 16.9 Å². The first-order chi connectivity index (χ1) is 11.7. The van der Waals surface area contributed by atoms with Gasteiger partial charge in [-0.05, 0) is 18.6 Å². The molecule has 2 heterocycles. The average molecular weight is 343 g/mol. The Morgan fingerprint density at radius 3 is 2.88 bits per heavy atom. The number of nitrogens with zero attached hydrogens (tertiary/aromatic N) is 3. The predicted octanol–water partition coefficient (Wildman–Crippen LogP) is 3.97. The van der Waals surface area contributed by atoms with E-state index in [9.17, 15) is 4.79 Å². The highest BCUT2D eigenvalue weighted by molar-refractivity contribution is 6.33. The molecule has 0 saturated heterocycles. The minimum atomic E-state index is -0.148. The number of benzene rings is 1. The minimum Gasteiger partial charge on any atom is -0.352 e. The topological polar surface area (TPSA) is 59.3 Å². The van der Waals surface area contributed by atoms with Crippen molar-refractivity contribution >= 4 is 23.2 Å². The van der Waals surface area contributed by atoms with Gasteiger partial charge in [-0.2, -0.15) is 5.10 Å². The lowest BCUT2D eigenvalue weighted by Crippen LogP contribution is -2.24. The summed E-state index contributed by atoms with van der Waals surface area (Å²) in [6.45, 7) is 2.79. The summed E-state index contributed by atoms with van der Waals surface area (Å²) in [5.41, 5.74) is 2.65. The van der Waals surface area contributed by atoms with Gasteiger partial charge in [-0.15, -0.1) is 0 Å². The molecule has 0 aliphatic rings. The molecule has 0 aliphatic carbocycles. The third-order valence-corrected chi connectivity index (χ3v) is 4.19. The molecule has 1 N–H and O–H groups in total. The number of carbonyl (C=O) groups excluding carboxylic acids is 1. The summed E-state index contributed by atoms with van der Waals surface area (Å²) >= 11 is 6.29. The highest BCUT2D eigenvalue weighted by Gasteiger charge is 2.16. The van der Waals surface area contributed by atoms with Gasteiger partial charge >= 0.3 is 0 Å². The van der Waals surface area contributed by atoms with E-state index in [0.717, 1.165) is 30.5 Å². The molecule has 0 bridgehead atoms. The molecule has 0 radical (unpaired) electrons. The van der Waals surface area contributed by atoms with Crippen molar-refractivity contribution in [3.8, 4) is 11.3 Å². The second kappa shape index (κ2) is 7.45. The van der Waals surface area contributed by atoms with Crippen molar-refractivity contribution in [2.24, 2.45) is 0 Å². The van der Waals surface area contributed by atoms with Gasteiger partial charge in [-0.3, -0.25) is 4.79 Å². The minimum absolute atomic E-state index is 0.148. The molecule has 1 aromatic carbocycles. The lowest BCUT2D eigenvalue weighted by molar-refractivity contribution is 0.0954. The molecule has 3 rings (SSSR count). The van der Waals surface area contributed by atoms with Crippen molar-refractivity contribution in [3.63, 3.8) is 0 Å². The molecule has 0 saturated carbocycles. The number of fused-ring (bicyclic) bond motifs is 1. The Morgan fingerprint density at radius 2 is 2.08 bits per heavy atom. The van der Waals surface area contributed by atoms with Crippen molar-refractivity contribution in [1.82, 2.24) is 19.9 Å². The molecular formula is C18H19ClN4O. The maximum Gasteiger partial charge on any atom is 0.256 e. The van der Waals surface area contributed by atoms with E-state index < -0.39 is 0 Å². The second-order valence-corrected chi connectivity index (χ2v) is 5.97. The highest BCUT2D eigenvalue weighted by Crippen LogP contribution is 2.27. The van der Waals surface area contributed by atoms with Gasteiger partial charge in [-0.25, -0.2) is 9.50 Å². The van der Waals surface area contributed by atoms with E-state index in [2.05, 4.69) is 22.3 Å². The average Bonchev–Trinajstić information content (AvgIpc) is 3.03. The van der Waals surface area contributed by atoms with Crippen molar-refractivity contribution in [2.75, 3.05) is 6.54 Å². The number of unbranched alkanes of at least 4 members (excludes halogenated alkanes) is 2. The predicted molar refractivity (Wildman–Crippen MR) is 95.3 cm³/mol. The highest BCUT2D eigenvalue weighted by atomic mass is 35.5. The second-order valence-electron chi connectivity index (χ2n) is 5.57. The SMILES string of the molecule is CCCCCNC(=O)c1cnn2c(-c3ccccc3Cl)ccnc12. The molecule has 5 nitrogen and oxygen atoms in total. The summed E-state index contributed by atoms with van der Waals surface area (Å²) in [5.74, 6) is -0.148. The van der Waals surface area contributed by atoms with Crippen molar-refractivity contribution in [2.45, 2.75) is 26.2 Å². The Hall–Kier alpha value is -2.40. The van der Waals surface area contributed by atoms with Crippen molar-refractivity contribution < 1.29 is 4.79 Å². The summed E-state index contributed by atoms with van der Waals surface area (Å²) in [5, 5.41) is 7.89. The van der Waals surface area contributed by atoms with Crippen LogP contribution in [0.3, 0.4) is 0 Å². The van der Waals surface area contributed by atoms with Gasteiger partial charge in [0.25, 0.3) is 5.91 Å². The quantitative estimate of drug-likeness (QED) is 0.689. The molecule has 0 aliphatic heterocycles. The summed E-state index contributed by atoms with van der Waals surface area (Å²) in [4.78, 5) is 16.7. The van der Waals surface area contributed by atoms with E-state index in [1.807, 2.05) is 30.3 Å². The summed E-state index contributed by atoms with van der Waals surface area (Å²) in [6.07, 6.45) is 6.42. The van der Waals surface area contributed by atoms with Crippen LogP contribution in [0.2, 0.25) is 5.02 Å². The van der Waals surface area contributed by atoms with E-state index in [-0.39, 0.29) is 5.91 Å². The number of hydrogen-bond donors (Lipinski definition) is 1. The molecule has 0 unspecified atom stereocenters. The summed E-state index contributed by atoms with van der Waals surface area (Å²) in [6, 6.07) is 9.38. The number of halogens is 1. The lowest BCUT2D eigenvalue weighted by atomic mass is 10.1. The monoisotopic (exact) mass is 342 g/mol. The molecular weight excluding hydrogens is 324 g/mol. The van der Waals surface area contributed by atoms with Crippen LogP contribution >= 0.6 is 11.6 Å². The molecule has 124 valence electrons. The van der Waals surface area contributed by atoms with Gasteiger partial charge in [-0.1, -0.05) is 49.6 Å². The molecule has 6 heteroatoms. The van der Waals surface area contributed by atoms with Crippen LogP contribution in [0.15, 0.2) is 42.7 Å². The Bertz CT molecular complexity index is 859. The van der Waals surface area contributed by atoms with Crippen LogP contribution < -0.4 is 5.32 Å². The molecule has 0 spiro atoms. The van der Waals surface area contributed by atoms with Crippen LogP contribution in [0.1, 0.15) is 36.5 Å². The first-order valence-electron chi connectivity index (χ1n) is 8.08. The Labute approximate surface area is 145 Å². The van der Waals surface area contributed by atoms with E-state index in [1.165, 1.54) is 0 Å². The normalized spacial score (nSPS) is 10.9. The van der Waals surface area contributed by atoms with Crippen LogP contribution in [0.5, 0.6) is 0 Å². The zero-order chi connectivity index (χ0) is 16.9. The van der Waals surface area contributed by atoms with Crippen LogP contribution in [-0.4, -0.2) is 27.0 Å². The Morgan fingerprint density at radius 1 is 1.25 bits per heavy atom.